The molecule has 5 N–H and O–H groups in total. The van der Waals surface area contributed by atoms with Crippen LogP contribution in [0, 0.1) is 26.7 Å². The third-order valence-electron chi connectivity index (χ3n) is 13.5. The molecule has 2 aliphatic rings. The molecular weight excluding hydrogens is 1020 g/mol. The Hall–Kier alpha value is -7.42. The standard InChI is InChI=1S/C53H57ClN10O4S.C2HF3O2/c1-7-55-52(68)51-61-59-49(42-25-41(30(2)3)44(65)27-45(42)66)64(51)40-18-12-34(13-19-40)24-35-20-22-62(23-21-35)29-37-10-8-36(9-11-37)28-56-46(67)26-43-50-60-58-33(6)63(50)53-47(31(4)32(5)69-53)48(57-43)38-14-16-39(54)17-15-38;3-2(4,5)1(6)7/h8-19,25,27,30,35,43,65-66H,7,20-24,26,28-29H2,1-6H3,(H,55,68)(H,56,67);(H,6,7)/t43-;/m0./s1. The van der Waals surface area contributed by atoms with Crippen LogP contribution in [0.2, 0.25) is 5.02 Å². The summed E-state index contributed by atoms with van der Waals surface area (Å²) in [5.74, 6) is -1.04. The number of aromatic hydroxyl groups is 2. The number of aryl methyl sites for hydroxylation is 2. The number of carbonyl (C=O) groups excluding carboxylic acids is 2. The van der Waals surface area contributed by atoms with E-state index in [-0.39, 0.29) is 41.5 Å². The van der Waals surface area contributed by atoms with Gasteiger partial charge in [0.1, 0.15) is 28.4 Å². The van der Waals surface area contributed by atoms with Crippen LogP contribution in [0.3, 0.4) is 0 Å². The van der Waals surface area contributed by atoms with Crippen molar-refractivity contribution in [3.8, 4) is 33.6 Å². The number of halogens is 4. The predicted molar refractivity (Wildman–Crippen MR) is 284 cm³/mol. The second-order valence-corrected chi connectivity index (χ2v) is 20.9. The highest BCUT2D eigenvalue weighted by Gasteiger charge is 2.38. The Labute approximate surface area is 446 Å². The molecule has 76 heavy (non-hydrogen) atoms. The lowest BCUT2D eigenvalue weighted by Crippen LogP contribution is -2.33. The topological polar surface area (TPSA) is 213 Å². The van der Waals surface area contributed by atoms with E-state index in [0.717, 1.165) is 77.7 Å². The van der Waals surface area contributed by atoms with Crippen molar-refractivity contribution in [3.05, 3.63) is 151 Å². The summed E-state index contributed by atoms with van der Waals surface area (Å²) in [6.07, 6.45) is -1.86. The van der Waals surface area contributed by atoms with Gasteiger partial charge in [-0.15, -0.1) is 31.7 Å². The highest BCUT2D eigenvalue weighted by atomic mass is 35.5. The second kappa shape index (κ2) is 23.2. The Morgan fingerprint density at radius 1 is 0.829 bits per heavy atom. The molecule has 5 heterocycles. The maximum Gasteiger partial charge on any atom is 0.490 e. The van der Waals surface area contributed by atoms with Crippen molar-refractivity contribution in [1.29, 1.82) is 0 Å². The van der Waals surface area contributed by atoms with Gasteiger partial charge >= 0.3 is 12.1 Å². The molecule has 4 aromatic carbocycles. The van der Waals surface area contributed by atoms with E-state index >= 15 is 0 Å². The number of likely N-dealkylation sites (tertiary alicyclic amines) is 1. The van der Waals surface area contributed by atoms with Gasteiger partial charge in [-0.2, -0.15) is 13.2 Å². The number of hydrogen-bond donors (Lipinski definition) is 5. The monoisotopic (exact) mass is 1080 g/mol. The molecule has 0 radical (unpaired) electrons. The van der Waals surface area contributed by atoms with E-state index in [1.165, 1.54) is 22.1 Å². The summed E-state index contributed by atoms with van der Waals surface area (Å²) in [5, 5.41) is 53.7. The molecule has 2 aliphatic heterocycles. The van der Waals surface area contributed by atoms with Gasteiger partial charge in [0.25, 0.3) is 5.91 Å². The fourth-order valence-corrected chi connectivity index (χ4v) is 10.7. The molecule has 398 valence electrons. The number of phenols is 2. The molecule has 1 atom stereocenters. The number of carboxylic acid groups (broad SMARTS) is 1. The largest absolute Gasteiger partial charge is 0.508 e. The number of thiophene rings is 1. The summed E-state index contributed by atoms with van der Waals surface area (Å²) in [7, 11) is 0. The number of phenolic OH excluding ortho intramolecular Hbond substituents is 2. The Morgan fingerprint density at radius 2 is 1.47 bits per heavy atom. The number of piperidine rings is 1. The lowest BCUT2D eigenvalue weighted by molar-refractivity contribution is -0.192. The van der Waals surface area contributed by atoms with Gasteiger partial charge in [-0.05, 0) is 130 Å². The molecule has 7 aromatic rings. The van der Waals surface area contributed by atoms with E-state index < -0.39 is 18.2 Å². The average Bonchev–Trinajstić information content (AvgIpc) is 4.06. The molecule has 1 saturated heterocycles. The molecule has 0 bridgehead atoms. The molecule has 0 aliphatic carbocycles. The minimum absolute atomic E-state index is 0.000216. The maximum atomic E-state index is 13.6. The molecule has 21 heteroatoms. The molecule has 0 spiro atoms. The van der Waals surface area contributed by atoms with Crippen molar-refractivity contribution in [2.45, 2.75) is 98.5 Å². The number of fused-ring (bicyclic) bond motifs is 3. The number of aliphatic imine (C=N–C) groups is 1. The number of hydrogen-bond acceptors (Lipinski definition) is 12. The van der Waals surface area contributed by atoms with E-state index in [4.69, 9.17) is 26.5 Å². The summed E-state index contributed by atoms with van der Waals surface area (Å²) in [5.41, 5.74) is 9.12. The number of aliphatic carboxylic acids is 1. The number of nitrogens with one attached hydrogen (secondary N) is 2. The van der Waals surface area contributed by atoms with Crippen molar-refractivity contribution < 1.29 is 42.9 Å². The zero-order valence-corrected chi connectivity index (χ0v) is 44.3. The minimum atomic E-state index is -5.08. The van der Waals surface area contributed by atoms with Gasteiger partial charge < -0.3 is 26.0 Å². The second-order valence-electron chi connectivity index (χ2n) is 19.2. The zero-order valence-electron chi connectivity index (χ0n) is 42.7. The minimum Gasteiger partial charge on any atom is -0.508 e. The predicted octanol–water partition coefficient (Wildman–Crippen LogP) is 10.1. The zero-order chi connectivity index (χ0) is 54.6. The lowest BCUT2D eigenvalue weighted by Gasteiger charge is -2.32. The number of amides is 2. The molecule has 2 amide bonds. The summed E-state index contributed by atoms with van der Waals surface area (Å²) >= 11 is 7.97. The van der Waals surface area contributed by atoms with Crippen LogP contribution in [0.4, 0.5) is 13.2 Å². The van der Waals surface area contributed by atoms with Crippen molar-refractivity contribution in [2.75, 3.05) is 19.6 Å². The number of alkyl halides is 3. The molecule has 0 saturated carbocycles. The van der Waals surface area contributed by atoms with Crippen LogP contribution in [0.5, 0.6) is 11.5 Å². The molecular formula is C55H58ClF3N10O6S. The summed E-state index contributed by atoms with van der Waals surface area (Å²) in [4.78, 5) is 44.6. The summed E-state index contributed by atoms with van der Waals surface area (Å²) in [6.45, 7) is 15.6. The van der Waals surface area contributed by atoms with Crippen molar-refractivity contribution in [2.24, 2.45) is 10.9 Å². The van der Waals surface area contributed by atoms with Crippen LogP contribution in [0.15, 0.2) is 89.9 Å². The average molecular weight is 1080 g/mol. The smallest absolute Gasteiger partial charge is 0.490 e. The Bertz CT molecular complexity index is 3270. The normalized spacial score (nSPS) is 14.8. The number of benzene rings is 4. The SMILES string of the molecule is CCNC(=O)c1nnc(-c2cc(C(C)C)c(O)cc2O)n1-c1ccc(CC2CCN(Cc3ccc(CNC(=O)C[C@@H]4N=C(c5ccc(Cl)cc5)c5c(sc(C)c5C)-n5c(C)nnc54)cc3)CC2)cc1.O=C(O)C(F)(F)F. The van der Waals surface area contributed by atoms with Crippen molar-refractivity contribution in [1.82, 2.24) is 45.1 Å². The van der Waals surface area contributed by atoms with Crippen LogP contribution in [-0.4, -0.2) is 99.1 Å². The first-order valence-electron chi connectivity index (χ1n) is 24.8. The van der Waals surface area contributed by atoms with E-state index in [9.17, 15) is 33.0 Å². The van der Waals surface area contributed by atoms with Gasteiger partial charge in [0.05, 0.1) is 17.7 Å². The molecule has 9 rings (SSSR count). The highest BCUT2D eigenvalue weighted by Crippen LogP contribution is 2.41. The quantitative estimate of drug-likeness (QED) is 0.0691. The molecule has 3 aromatic heterocycles. The van der Waals surface area contributed by atoms with Crippen LogP contribution in [0.25, 0.3) is 22.1 Å². The lowest BCUT2D eigenvalue weighted by atomic mass is 9.90. The third-order valence-corrected chi connectivity index (χ3v) is 15.0. The number of carboxylic acids is 1. The summed E-state index contributed by atoms with van der Waals surface area (Å²) in [6, 6.07) is 26.8. The van der Waals surface area contributed by atoms with Crippen LogP contribution in [0.1, 0.15) is 118 Å². The van der Waals surface area contributed by atoms with Gasteiger partial charge in [-0.3, -0.25) is 28.6 Å². The van der Waals surface area contributed by atoms with Crippen LogP contribution in [-0.2, 0) is 29.1 Å². The first kappa shape index (κ1) is 54.8. The number of nitrogens with zero attached hydrogens (tertiary/aromatic N) is 8. The number of carbonyl (C=O) groups is 3. The highest BCUT2D eigenvalue weighted by molar-refractivity contribution is 7.15. The Kier molecular flexibility index (Phi) is 16.8. The molecule has 0 unspecified atom stereocenters. The van der Waals surface area contributed by atoms with Gasteiger partial charge in [0, 0.05) is 52.4 Å². The van der Waals surface area contributed by atoms with Crippen molar-refractivity contribution in [3.63, 3.8) is 0 Å². The third kappa shape index (κ3) is 12.3. The van der Waals surface area contributed by atoms with Gasteiger partial charge in [-0.1, -0.05) is 74.0 Å². The number of aromatic nitrogens is 6. The van der Waals surface area contributed by atoms with Gasteiger partial charge in [0.2, 0.25) is 11.7 Å². The Morgan fingerprint density at radius 3 is 2.11 bits per heavy atom. The fraction of sp³-hybridized carbons (Fsp3) is 0.345. The Balaban J connectivity index is 0.00000102. The number of rotatable bonds is 14. The van der Waals surface area contributed by atoms with Crippen LogP contribution >= 0.6 is 22.9 Å². The van der Waals surface area contributed by atoms with E-state index in [1.54, 1.807) is 22.0 Å². The fourth-order valence-electron chi connectivity index (χ4n) is 9.39. The summed E-state index contributed by atoms with van der Waals surface area (Å²) < 4.78 is 35.5. The molecule has 16 nitrogen and oxygen atoms in total. The van der Waals surface area contributed by atoms with Gasteiger partial charge in [-0.25, -0.2) is 4.79 Å². The van der Waals surface area contributed by atoms with Crippen LogP contribution < -0.4 is 10.6 Å². The van der Waals surface area contributed by atoms with Crippen molar-refractivity contribution >= 4 is 46.4 Å². The van der Waals surface area contributed by atoms with E-state index in [1.807, 2.05) is 64.1 Å². The first-order chi connectivity index (χ1) is 36.2. The van der Waals surface area contributed by atoms with E-state index in [2.05, 4.69) is 90.7 Å². The van der Waals surface area contributed by atoms with E-state index in [0.29, 0.717) is 52.5 Å². The molecule has 1 fully saturated rings. The van der Waals surface area contributed by atoms with Gasteiger partial charge in [0.15, 0.2) is 11.6 Å². The maximum absolute atomic E-state index is 13.6. The first-order valence-corrected chi connectivity index (χ1v) is 26.0.